The van der Waals surface area contributed by atoms with E-state index in [4.69, 9.17) is 9.68 Å². The molecule has 0 bridgehead atoms. The van der Waals surface area contributed by atoms with Crippen molar-refractivity contribution in [2.75, 3.05) is 5.32 Å². The van der Waals surface area contributed by atoms with E-state index < -0.39 is 5.25 Å². The first-order chi connectivity index (χ1) is 12.1. The van der Waals surface area contributed by atoms with E-state index in [1.807, 2.05) is 37.3 Å². The lowest BCUT2D eigenvalue weighted by molar-refractivity contribution is -0.115. The highest BCUT2D eigenvalue weighted by molar-refractivity contribution is 8.00. The van der Waals surface area contributed by atoms with Crippen LogP contribution in [0.15, 0.2) is 45.4 Å². The summed E-state index contributed by atoms with van der Waals surface area (Å²) in [5.74, 6) is 0.194. The number of rotatable bonds is 5. The van der Waals surface area contributed by atoms with Crippen molar-refractivity contribution >= 4 is 34.0 Å². The first kappa shape index (κ1) is 17.2. The number of amides is 1. The van der Waals surface area contributed by atoms with Gasteiger partial charge in [0, 0.05) is 5.56 Å². The maximum atomic E-state index is 12.3. The third kappa shape index (κ3) is 4.07. The van der Waals surface area contributed by atoms with E-state index in [9.17, 15) is 4.79 Å². The normalized spacial score (nSPS) is 11.7. The second-order valence-electron chi connectivity index (χ2n) is 5.26. The fourth-order valence-corrected chi connectivity index (χ4v) is 3.41. The molecule has 0 unspecified atom stereocenters. The van der Waals surface area contributed by atoms with Gasteiger partial charge in [0.05, 0.1) is 10.8 Å². The van der Waals surface area contributed by atoms with Crippen LogP contribution in [0.1, 0.15) is 18.1 Å². The lowest BCUT2D eigenvalue weighted by atomic mass is 10.1. The van der Waals surface area contributed by atoms with Crippen LogP contribution in [0.5, 0.6) is 0 Å². The molecule has 0 fully saturated rings. The van der Waals surface area contributed by atoms with Gasteiger partial charge in [-0.25, -0.2) is 0 Å². The fourth-order valence-electron chi connectivity index (χ4n) is 1.98. The molecule has 1 aromatic carbocycles. The predicted molar refractivity (Wildman–Crippen MR) is 97.5 cm³/mol. The van der Waals surface area contributed by atoms with Gasteiger partial charge in [0.1, 0.15) is 11.1 Å². The van der Waals surface area contributed by atoms with Crippen molar-refractivity contribution in [3.63, 3.8) is 0 Å². The monoisotopic (exact) mass is 370 g/mol. The molecule has 0 aliphatic heterocycles. The molecule has 0 radical (unpaired) electrons. The Kier molecular flexibility index (Phi) is 5.16. The van der Waals surface area contributed by atoms with Crippen molar-refractivity contribution < 1.29 is 9.21 Å². The molecule has 6 nitrogen and oxygen atoms in total. The van der Waals surface area contributed by atoms with Crippen molar-refractivity contribution in [3.05, 3.63) is 46.8 Å². The number of thiophene rings is 1. The van der Waals surface area contributed by atoms with Crippen LogP contribution >= 0.6 is 23.1 Å². The first-order valence-corrected chi connectivity index (χ1v) is 9.18. The van der Waals surface area contributed by atoms with Gasteiger partial charge in [0.2, 0.25) is 11.8 Å². The van der Waals surface area contributed by atoms with Gasteiger partial charge in [-0.15, -0.1) is 21.5 Å². The van der Waals surface area contributed by atoms with E-state index in [0.29, 0.717) is 21.7 Å². The number of carbonyl (C=O) groups excluding carboxylic acids is 1. The zero-order valence-corrected chi connectivity index (χ0v) is 15.1. The van der Waals surface area contributed by atoms with Crippen LogP contribution in [0.4, 0.5) is 5.00 Å². The summed E-state index contributed by atoms with van der Waals surface area (Å²) in [5.41, 5.74) is 2.43. The zero-order valence-electron chi connectivity index (χ0n) is 13.5. The quantitative estimate of drug-likeness (QED) is 0.680. The lowest BCUT2D eigenvalue weighted by Crippen LogP contribution is -2.22. The highest BCUT2D eigenvalue weighted by Gasteiger charge is 2.20. The van der Waals surface area contributed by atoms with E-state index in [-0.39, 0.29) is 5.91 Å². The summed E-state index contributed by atoms with van der Waals surface area (Å²) in [6.45, 7) is 3.75. The third-order valence-corrected chi connectivity index (χ3v) is 5.14. The minimum atomic E-state index is -0.444. The Hall–Kier alpha value is -2.63. The number of benzene rings is 1. The molecule has 1 amide bonds. The minimum Gasteiger partial charge on any atom is -0.411 e. The Morgan fingerprint density at radius 1 is 1.32 bits per heavy atom. The average molecular weight is 370 g/mol. The van der Waals surface area contributed by atoms with Crippen LogP contribution in [-0.4, -0.2) is 21.4 Å². The molecule has 3 rings (SSSR count). The Balaban J connectivity index is 1.65. The Morgan fingerprint density at radius 2 is 2.08 bits per heavy atom. The summed E-state index contributed by atoms with van der Waals surface area (Å²) in [6.07, 6.45) is 0. The molecular weight excluding hydrogens is 356 g/mol. The molecule has 1 atom stereocenters. The number of hydrogen-bond acceptors (Lipinski definition) is 7. The van der Waals surface area contributed by atoms with E-state index in [1.54, 1.807) is 18.4 Å². The number of nitriles is 1. The summed E-state index contributed by atoms with van der Waals surface area (Å²) < 4.78 is 5.62. The molecule has 126 valence electrons. The average Bonchev–Trinajstić information content (AvgIpc) is 3.24. The summed E-state index contributed by atoms with van der Waals surface area (Å²) >= 11 is 2.49. The molecule has 8 heteroatoms. The zero-order chi connectivity index (χ0) is 17.8. The van der Waals surface area contributed by atoms with Gasteiger partial charge in [0.25, 0.3) is 5.22 Å². The standard InChI is InChI=1S/C17H14N4O2S2/c1-10-3-5-12(6-4-10)15-20-21-17(23-15)25-11(2)14(22)19-16-13(9-18)7-8-24-16/h3-8,11H,1-2H3,(H,19,22)/t11-/m1/s1. The Morgan fingerprint density at radius 3 is 2.80 bits per heavy atom. The number of aromatic nitrogens is 2. The summed E-state index contributed by atoms with van der Waals surface area (Å²) in [4.78, 5) is 12.3. The second kappa shape index (κ2) is 7.51. The van der Waals surface area contributed by atoms with Crippen LogP contribution in [0.25, 0.3) is 11.5 Å². The molecule has 1 N–H and O–H groups in total. The molecular formula is C17H14N4O2S2. The van der Waals surface area contributed by atoms with Gasteiger partial charge in [-0.1, -0.05) is 29.5 Å². The van der Waals surface area contributed by atoms with Crippen LogP contribution in [0.3, 0.4) is 0 Å². The first-order valence-electron chi connectivity index (χ1n) is 7.42. The fraction of sp³-hybridized carbons (Fsp3) is 0.176. The van der Waals surface area contributed by atoms with Crippen molar-refractivity contribution in [1.82, 2.24) is 10.2 Å². The largest absolute Gasteiger partial charge is 0.411 e. The van der Waals surface area contributed by atoms with Crippen molar-refractivity contribution in [1.29, 1.82) is 5.26 Å². The maximum absolute atomic E-state index is 12.3. The number of aryl methyl sites for hydroxylation is 1. The molecule has 25 heavy (non-hydrogen) atoms. The second-order valence-corrected chi connectivity index (χ2v) is 7.47. The summed E-state index contributed by atoms with van der Waals surface area (Å²) in [7, 11) is 0. The highest BCUT2D eigenvalue weighted by atomic mass is 32.2. The van der Waals surface area contributed by atoms with Crippen LogP contribution < -0.4 is 5.32 Å². The van der Waals surface area contributed by atoms with Crippen LogP contribution in [0.2, 0.25) is 0 Å². The summed E-state index contributed by atoms with van der Waals surface area (Å²) in [5, 5.41) is 21.9. The molecule has 0 aliphatic rings. The Bertz CT molecular complexity index is 925. The van der Waals surface area contributed by atoms with Gasteiger partial charge < -0.3 is 9.73 Å². The van der Waals surface area contributed by atoms with Crippen molar-refractivity contribution in [3.8, 4) is 17.5 Å². The number of carbonyl (C=O) groups is 1. The minimum absolute atomic E-state index is 0.223. The van der Waals surface area contributed by atoms with E-state index in [1.165, 1.54) is 23.1 Å². The Labute approximate surface area is 152 Å². The van der Waals surface area contributed by atoms with Crippen LogP contribution in [-0.2, 0) is 4.79 Å². The van der Waals surface area contributed by atoms with E-state index in [2.05, 4.69) is 15.5 Å². The van der Waals surface area contributed by atoms with Gasteiger partial charge in [0.15, 0.2) is 0 Å². The van der Waals surface area contributed by atoms with E-state index in [0.717, 1.165) is 11.1 Å². The van der Waals surface area contributed by atoms with E-state index >= 15 is 0 Å². The molecule has 3 aromatic rings. The topological polar surface area (TPSA) is 91.8 Å². The molecule has 0 spiro atoms. The molecule has 2 aromatic heterocycles. The van der Waals surface area contributed by atoms with Gasteiger partial charge in [-0.05, 0) is 37.4 Å². The maximum Gasteiger partial charge on any atom is 0.277 e. The predicted octanol–water partition coefficient (Wildman–Crippen LogP) is 4.10. The van der Waals surface area contributed by atoms with Crippen molar-refractivity contribution in [2.24, 2.45) is 0 Å². The SMILES string of the molecule is Cc1ccc(-c2nnc(S[C@H](C)C(=O)Nc3sccc3C#N)o2)cc1. The highest BCUT2D eigenvalue weighted by Crippen LogP contribution is 2.28. The lowest BCUT2D eigenvalue weighted by Gasteiger charge is -2.08. The van der Waals surface area contributed by atoms with Gasteiger partial charge in [-0.3, -0.25) is 4.79 Å². The van der Waals surface area contributed by atoms with Gasteiger partial charge >= 0.3 is 0 Å². The molecule has 2 heterocycles. The number of nitrogens with zero attached hydrogens (tertiary/aromatic N) is 3. The molecule has 0 aliphatic carbocycles. The number of thioether (sulfide) groups is 1. The van der Waals surface area contributed by atoms with Crippen molar-refractivity contribution in [2.45, 2.75) is 24.3 Å². The molecule has 0 saturated carbocycles. The third-order valence-electron chi connectivity index (χ3n) is 3.37. The van der Waals surface area contributed by atoms with Crippen LogP contribution in [0, 0.1) is 18.3 Å². The number of nitrogens with one attached hydrogen (secondary N) is 1. The summed E-state index contributed by atoms with van der Waals surface area (Å²) in [6, 6.07) is 11.5. The smallest absolute Gasteiger partial charge is 0.277 e. The van der Waals surface area contributed by atoms with Gasteiger partial charge in [-0.2, -0.15) is 5.26 Å². The molecule has 0 saturated heterocycles. The number of hydrogen-bond donors (Lipinski definition) is 1. The number of anilines is 1.